The van der Waals surface area contributed by atoms with Gasteiger partial charge in [-0.1, -0.05) is 29.8 Å². The van der Waals surface area contributed by atoms with Gasteiger partial charge >= 0.3 is 5.69 Å². The van der Waals surface area contributed by atoms with E-state index in [0.29, 0.717) is 35.3 Å². The number of benzene rings is 2. The zero-order valence-corrected chi connectivity index (χ0v) is 16.7. The molecule has 1 aromatic heterocycles. The molecule has 3 aromatic rings. The molecule has 2 aromatic carbocycles. The number of hydrogen-bond donors (Lipinski definition) is 2. The minimum absolute atomic E-state index is 0.371. The predicted molar refractivity (Wildman–Crippen MR) is 113 cm³/mol. The molecule has 0 fully saturated rings. The van der Waals surface area contributed by atoms with Crippen molar-refractivity contribution in [1.29, 1.82) is 0 Å². The lowest BCUT2D eigenvalue weighted by Gasteiger charge is -2.30. The van der Waals surface area contributed by atoms with Gasteiger partial charge in [0.2, 0.25) is 0 Å². The van der Waals surface area contributed by atoms with Gasteiger partial charge in [0, 0.05) is 18.1 Å². The maximum atomic E-state index is 12.5. The topological polar surface area (TPSA) is 79.4 Å². The summed E-state index contributed by atoms with van der Waals surface area (Å²) in [5.74, 6) is 1.38. The molecule has 29 heavy (non-hydrogen) atoms. The quantitative estimate of drug-likeness (QED) is 0.673. The minimum atomic E-state index is -0.481. The number of hydrogen-bond acceptors (Lipinski definition) is 5. The fourth-order valence-corrected chi connectivity index (χ4v) is 3.68. The van der Waals surface area contributed by atoms with Gasteiger partial charge in [-0.2, -0.15) is 0 Å². The van der Waals surface area contributed by atoms with E-state index in [9.17, 15) is 9.59 Å². The molecule has 2 heterocycles. The predicted octanol–water partition coefficient (Wildman–Crippen LogP) is 2.62. The van der Waals surface area contributed by atoms with Crippen LogP contribution < -0.4 is 21.3 Å². The fourth-order valence-electron chi connectivity index (χ4n) is 3.55. The number of nitrogens with zero attached hydrogens (tertiary/aromatic N) is 2. The van der Waals surface area contributed by atoms with Crippen LogP contribution in [0.25, 0.3) is 5.69 Å². The Hall–Kier alpha value is -3.03. The van der Waals surface area contributed by atoms with Gasteiger partial charge in [-0.15, -0.1) is 0 Å². The molecule has 0 bridgehead atoms. The van der Waals surface area contributed by atoms with Crippen LogP contribution in [0.1, 0.15) is 11.1 Å². The number of fused-ring (bicyclic) bond motifs is 1. The van der Waals surface area contributed by atoms with E-state index in [1.54, 1.807) is 31.4 Å². The van der Waals surface area contributed by atoms with Crippen molar-refractivity contribution < 1.29 is 4.74 Å². The van der Waals surface area contributed by atoms with Gasteiger partial charge in [0.15, 0.2) is 0 Å². The lowest BCUT2D eigenvalue weighted by atomic mass is 10.1. The van der Waals surface area contributed by atoms with Crippen molar-refractivity contribution >= 4 is 17.4 Å². The van der Waals surface area contributed by atoms with Crippen LogP contribution >= 0.6 is 11.6 Å². The number of para-hydroxylation sites is 1. The van der Waals surface area contributed by atoms with Crippen molar-refractivity contribution in [2.24, 2.45) is 0 Å². The molecular formula is C21H21ClN4O3. The van der Waals surface area contributed by atoms with Crippen LogP contribution in [0.4, 0.5) is 5.82 Å². The third kappa shape index (κ3) is 3.92. The summed E-state index contributed by atoms with van der Waals surface area (Å²) >= 11 is 5.96. The van der Waals surface area contributed by atoms with Gasteiger partial charge in [0.1, 0.15) is 11.6 Å². The van der Waals surface area contributed by atoms with Crippen LogP contribution in [0.15, 0.2) is 58.1 Å². The van der Waals surface area contributed by atoms with Crippen molar-refractivity contribution in [2.75, 3.05) is 25.6 Å². The van der Waals surface area contributed by atoms with Gasteiger partial charge in [0.05, 0.1) is 25.0 Å². The Balaban J connectivity index is 1.60. The molecule has 8 heteroatoms. The average molecular weight is 413 g/mol. The summed E-state index contributed by atoms with van der Waals surface area (Å²) in [6.45, 7) is 1.71. The molecule has 0 unspecified atom stereocenters. The molecular weight excluding hydrogens is 392 g/mol. The molecule has 0 saturated heterocycles. The molecule has 0 aliphatic carbocycles. The molecule has 1 aliphatic heterocycles. The molecule has 0 radical (unpaired) electrons. The van der Waals surface area contributed by atoms with E-state index in [1.165, 1.54) is 4.57 Å². The third-order valence-corrected chi connectivity index (χ3v) is 5.29. The Bertz CT molecular complexity index is 1140. The summed E-state index contributed by atoms with van der Waals surface area (Å²) in [7, 11) is 1.66. The number of methoxy groups -OCH3 is 1. The van der Waals surface area contributed by atoms with Crippen molar-refractivity contribution in [3.8, 4) is 11.4 Å². The lowest BCUT2D eigenvalue weighted by Crippen LogP contribution is -2.43. The number of H-pyrrole nitrogens is 1. The van der Waals surface area contributed by atoms with Crippen LogP contribution in [0.5, 0.6) is 5.75 Å². The number of aromatic amines is 1. The molecule has 0 amide bonds. The fraction of sp³-hybridized carbons (Fsp3) is 0.238. The molecule has 4 rings (SSSR count). The molecule has 0 atom stereocenters. The standard InChI is InChI=1S/C21H21ClN4O3/c1-29-18-5-3-2-4-14(18)10-11-25-12-17-19(23-13-25)26(21(28)24-20(17)27)16-8-6-15(22)7-9-16/h2-9,23H,10-13H2,1H3,(H,24,27,28). The van der Waals surface area contributed by atoms with Crippen LogP contribution in [-0.4, -0.2) is 34.8 Å². The van der Waals surface area contributed by atoms with Crippen LogP contribution in [0.2, 0.25) is 5.02 Å². The molecule has 150 valence electrons. The van der Waals surface area contributed by atoms with E-state index in [1.807, 2.05) is 24.3 Å². The van der Waals surface area contributed by atoms with Crippen molar-refractivity contribution in [3.05, 3.63) is 85.5 Å². The summed E-state index contributed by atoms with van der Waals surface area (Å²) in [6, 6.07) is 14.8. The van der Waals surface area contributed by atoms with Gasteiger partial charge < -0.3 is 10.1 Å². The van der Waals surface area contributed by atoms with E-state index in [2.05, 4.69) is 15.2 Å². The van der Waals surface area contributed by atoms with Gasteiger partial charge in [-0.25, -0.2) is 9.36 Å². The van der Waals surface area contributed by atoms with E-state index in [0.717, 1.165) is 24.3 Å². The van der Waals surface area contributed by atoms with Crippen molar-refractivity contribution in [1.82, 2.24) is 14.5 Å². The number of ether oxygens (including phenoxy) is 1. The largest absolute Gasteiger partial charge is 0.496 e. The van der Waals surface area contributed by atoms with Crippen molar-refractivity contribution in [3.63, 3.8) is 0 Å². The van der Waals surface area contributed by atoms with E-state index < -0.39 is 5.69 Å². The maximum absolute atomic E-state index is 12.5. The maximum Gasteiger partial charge on any atom is 0.334 e. The highest BCUT2D eigenvalue weighted by atomic mass is 35.5. The van der Waals surface area contributed by atoms with Gasteiger partial charge in [-0.3, -0.25) is 14.7 Å². The first kappa shape index (κ1) is 19.3. The zero-order chi connectivity index (χ0) is 20.4. The summed E-state index contributed by atoms with van der Waals surface area (Å²) in [4.78, 5) is 29.5. The summed E-state index contributed by atoms with van der Waals surface area (Å²) in [5, 5.41) is 3.82. The summed E-state index contributed by atoms with van der Waals surface area (Å²) in [6.07, 6.45) is 0.787. The third-order valence-electron chi connectivity index (χ3n) is 5.03. The van der Waals surface area contributed by atoms with Crippen LogP contribution in [0.3, 0.4) is 0 Å². The molecule has 2 N–H and O–H groups in total. The number of aromatic nitrogens is 2. The number of nitrogens with one attached hydrogen (secondary N) is 2. The molecule has 7 nitrogen and oxygen atoms in total. The van der Waals surface area contributed by atoms with Crippen LogP contribution in [0, 0.1) is 0 Å². The first-order chi connectivity index (χ1) is 14.1. The molecule has 0 spiro atoms. The highest BCUT2D eigenvalue weighted by Gasteiger charge is 2.23. The van der Waals surface area contributed by atoms with E-state index >= 15 is 0 Å². The molecule has 1 aliphatic rings. The Morgan fingerprint density at radius 2 is 1.86 bits per heavy atom. The van der Waals surface area contributed by atoms with Gasteiger partial charge in [-0.05, 0) is 42.3 Å². The molecule has 0 saturated carbocycles. The number of halogens is 1. The first-order valence-corrected chi connectivity index (χ1v) is 9.67. The highest BCUT2D eigenvalue weighted by molar-refractivity contribution is 6.30. The summed E-state index contributed by atoms with van der Waals surface area (Å²) in [5.41, 5.74) is 1.43. The monoisotopic (exact) mass is 412 g/mol. The Morgan fingerprint density at radius 3 is 2.62 bits per heavy atom. The second-order valence-corrected chi connectivity index (χ2v) is 7.28. The zero-order valence-electron chi connectivity index (χ0n) is 15.9. The average Bonchev–Trinajstić information content (AvgIpc) is 2.74. The second kappa shape index (κ2) is 8.14. The number of anilines is 1. The Morgan fingerprint density at radius 1 is 1.10 bits per heavy atom. The van der Waals surface area contributed by atoms with E-state index in [-0.39, 0.29) is 5.56 Å². The van der Waals surface area contributed by atoms with Gasteiger partial charge in [0.25, 0.3) is 5.56 Å². The summed E-state index contributed by atoms with van der Waals surface area (Å²) < 4.78 is 6.89. The second-order valence-electron chi connectivity index (χ2n) is 6.85. The smallest absolute Gasteiger partial charge is 0.334 e. The van der Waals surface area contributed by atoms with Crippen LogP contribution in [-0.2, 0) is 13.0 Å². The van der Waals surface area contributed by atoms with Crippen molar-refractivity contribution in [2.45, 2.75) is 13.0 Å². The first-order valence-electron chi connectivity index (χ1n) is 9.29. The Labute approximate surface area is 172 Å². The number of rotatable bonds is 5. The highest BCUT2D eigenvalue weighted by Crippen LogP contribution is 2.23. The minimum Gasteiger partial charge on any atom is -0.496 e. The van der Waals surface area contributed by atoms with E-state index in [4.69, 9.17) is 16.3 Å². The Kier molecular flexibility index (Phi) is 5.42. The SMILES string of the molecule is COc1ccccc1CCN1CNc2c(c(=O)[nH]c(=O)n2-c2ccc(Cl)cc2)C1. The lowest BCUT2D eigenvalue weighted by molar-refractivity contribution is 0.274. The normalized spacial score (nSPS) is 13.6.